The van der Waals surface area contributed by atoms with Crippen LogP contribution in [0.2, 0.25) is 0 Å². The summed E-state index contributed by atoms with van der Waals surface area (Å²) in [6.07, 6.45) is -6.31. The average molecular weight is 289 g/mol. The molecule has 0 aromatic rings. The molecule has 0 aliphatic carbocycles. The molecular weight excluding hydrogens is 279 g/mol. The average Bonchev–Trinajstić information content (AvgIpc) is 2.33. The van der Waals surface area contributed by atoms with Gasteiger partial charge in [-0.2, -0.15) is 13.2 Å². The highest BCUT2D eigenvalue weighted by Gasteiger charge is 2.52. The zero-order chi connectivity index (χ0) is 14.1. The van der Waals surface area contributed by atoms with Crippen molar-refractivity contribution in [3.63, 3.8) is 0 Å². The molecule has 0 aromatic carbocycles. The zero-order valence-electron chi connectivity index (χ0n) is 9.15. The van der Waals surface area contributed by atoms with E-state index in [1.54, 1.807) is 0 Å². The van der Waals surface area contributed by atoms with Gasteiger partial charge in [-0.15, -0.1) is 0 Å². The van der Waals surface area contributed by atoms with Crippen LogP contribution >= 0.6 is 0 Å². The zero-order valence-corrected chi connectivity index (χ0v) is 9.97. The number of rotatable bonds is 1. The fraction of sp³-hybridized carbons (Fsp3) is 0.750. The molecule has 0 spiro atoms. The molecule has 10 heteroatoms. The minimum absolute atomic E-state index is 0.938. The molecule has 1 saturated heterocycles. The number of nitrogens with one attached hydrogen (secondary N) is 1. The topological polar surface area (TPSA) is 89.5 Å². The molecule has 1 heterocycles. The van der Waals surface area contributed by atoms with Crippen LogP contribution in [0.4, 0.5) is 13.2 Å². The first-order valence-electron chi connectivity index (χ1n) is 4.73. The molecule has 6 nitrogen and oxygen atoms in total. The highest BCUT2D eigenvalue weighted by Crippen LogP contribution is 2.30. The van der Waals surface area contributed by atoms with E-state index in [4.69, 9.17) is 0 Å². The van der Waals surface area contributed by atoms with Gasteiger partial charge in [0.25, 0.3) is 0 Å². The van der Waals surface area contributed by atoms with Crippen LogP contribution in [0, 0.1) is 0 Å². The highest BCUT2D eigenvalue weighted by atomic mass is 32.2. The number of hydrogen-bond donors (Lipinski definition) is 1. The summed E-state index contributed by atoms with van der Waals surface area (Å²) in [6, 6.07) is -1.61. The summed E-state index contributed by atoms with van der Waals surface area (Å²) >= 11 is 0. The van der Waals surface area contributed by atoms with Crippen molar-refractivity contribution in [2.24, 2.45) is 0 Å². The van der Waals surface area contributed by atoms with Crippen molar-refractivity contribution in [1.29, 1.82) is 0 Å². The molecule has 0 aromatic heterocycles. The molecule has 0 saturated carbocycles. The van der Waals surface area contributed by atoms with Crippen LogP contribution in [-0.2, 0) is 24.2 Å². The molecule has 1 amide bonds. The standard InChI is InChI=1S/C8H10F3NO5S/c1-17-7(14)4-3-18(15,16)5(8(9,10)11)2-6(13)12-4/h4-5H,2-3H2,1H3,(H,12,13)/t4-,5-/m0/s1. The Morgan fingerprint density at radius 1 is 1.44 bits per heavy atom. The second kappa shape index (κ2) is 4.75. The van der Waals surface area contributed by atoms with Gasteiger partial charge >= 0.3 is 12.1 Å². The van der Waals surface area contributed by atoms with Crippen LogP contribution in [0.1, 0.15) is 6.42 Å². The van der Waals surface area contributed by atoms with Crippen molar-refractivity contribution in [2.75, 3.05) is 12.9 Å². The van der Waals surface area contributed by atoms with Crippen LogP contribution in [0.25, 0.3) is 0 Å². The lowest BCUT2D eigenvalue weighted by molar-refractivity contribution is -0.145. The number of methoxy groups -OCH3 is 1. The molecule has 18 heavy (non-hydrogen) atoms. The van der Waals surface area contributed by atoms with E-state index in [0.717, 1.165) is 7.11 Å². The van der Waals surface area contributed by atoms with Crippen molar-refractivity contribution in [3.05, 3.63) is 0 Å². The maximum atomic E-state index is 12.5. The summed E-state index contributed by atoms with van der Waals surface area (Å²) in [5, 5.41) is -0.897. The Morgan fingerprint density at radius 3 is 2.44 bits per heavy atom. The van der Waals surface area contributed by atoms with Gasteiger partial charge < -0.3 is 10.1 Å². The summed E-state index contributed by atoms with van der Waals surface area (Å²) in [5.41, 5.74) is 0. The van der Waals surface area contributed by atoms with Gasteiger partial charge in [0, 0.05) is 0 Å². The van der Waals surface area contributed by atoms with Crippen molar-refractivity contribution in [2.45, 2.75) is 23.9 Å². The predicted octanol–water partition coefficient (Wildman–Crippen LogP) is -0.606. The van der Waals surface area contributed by atoms with Gasteiger partial charge in [0.05, 0.1) is 19.3 Å². The van der Waals surface area contributed by atoms with E-state index < -0.39 is 51.4 Å². The van der Waals surface area contributed by atoms with Crippen LogP contribution in [-0.4, -0.2) is 50.6 Å². The summed E-state index contributed by atoms with van der Waals surface area (Å²) in [4.78, 5) is 22.3. The Labute approximate surface area is 100 Å². The molecule has 0 unspecified atom stereocenters. The number of esters is 1. The minimum Gasteiger partial charge on any atom is -0.467 e. The number of alkyl halides is 3. The quantitative estimate of drug-likeness (QED) is 0.651. The number of amides is 1. The van der Waals surface area contributed by atoms with Gasteiger partial charge in [0.1, 0.15) is 6.04 Å². The van der Waals surface area contributed by atoms with Crippen LogP contribution in [0.5, 0.6) is 0 Å². The first-order valence-corrected chi connectivity index (χ1v) is 6.45. The fourth-order valence-electron chi connectivity index (χ4n) is 1.53. The summed E-state index contributed by atoms with van der Waals surface area (Å²) in [6.45, 7) is 0. The molecule has 0 bridgehead atoms. The second-order valence-corrected chi connectivity index (χ2v) is 5.94. The van der Waals surface area contributed by atoms with E-state index in [0.29, 0.717) is 0 Å². The van der Waals surface area contributed by atoms with Gasteiger partial charge in [-0.1, -0.05) is 0 Å². The van der Waals surface area contributed by atoms with Gasteiger partial charge in [0.2, 0.25) is 5.91 Å². The third-order valence-electron chi connectivity index (χ3n) is 2.39. The Balaban J connectivity index is 3.11. The van der Waals surface area contributed by atoms with Crippen LogP contribution < -0.4 is 5.32 Å². The largest absolute Gasteiger partial charge is 0.467 e. The van der Waals surface area contributed by atoms with Crippen molar-refractivity contribution in [3.8, 4) is 0 Å². The van der Waals surface area contributed by atoms with E-state index in [1.165, 1.54) is 0 Å². The van der Waals surface area contributed by atoms with Gasteiger partial charge in [0.15, 0.2) is 15.1 Å². The number of sulfone groups is 1. The maximum Gasteiger partial charge on any atom is 0.405 e. The monoisotopic (exact) mass is 289 g/mol. The lowest BCUT2D eigenvalue weighted by Gasteiger charge is -2.17. The molecule has 1 N–H and O–H groups in total. The molecule has 0 radical (unpaired) electrons. The van der Waals surface area contributed by atoms with E-state index in [2.05, 4.69) is 4.74 Å². The number of carbonyl (C=O) groups excluding carboxylic acids is 2. The Morgan fingerprint density at radius 2 is 2.00 bits per heavy atom. The van der Waals surface area contributed by atoms with Gasteiger partial charge in [-0.3, -0.25) is 4.79 Å². The van der Waals surface area contributed by atoms with Crippen molar-refractivity contribution in [1.82, 2.24) is 5.32 Å². The van der Waals surface area contributed by atoms with Gasteiger partial charge in [-0.25, -0.2) is 13.2 Å². The second-order valence-electron chi connectivity index (χ2n) is 3.71. The summed E-state index contributed by atoms with van der Waals surface area (Å²) in [5.74, 6) is -3.39. The Kier molecular flexibility index (Phi) is 3.89. The molecule has 104 valence electrons. The molecular formula is C8H10F3NO5S. The maximum absolute atomic E-state index is 12.5. The van der Waals surface area contributed by atoms with E-state index in [-0.39, 0.29) is 0 Å². The summed E-state index contributed by atoms with van der Waals surface area (Å²) < 4.78 is 64.8. The third-order valence-corrected chi connectivity index (χ3v) is 4.49. The minimum atomic E-state index is -5.05. The lowest BCUT2D eigenvalue weighted by Crippen LogP contribution is -2.44. The molecule has 1 fully saturated rings. The fourth-order valence-corrected chi connectivity index (χ4v) is 3.26. The van der Waals surface area contributed by atoms with E-state index in [9.17, 15) is 31.2 Å². The Bertz CT molecular complexity index is 458. The lowest BCUT2D eigenvalue weighted by atomic mass is 10.2. The molecule has 1 rings (SSSR count). The number of carbonyl (C=O) groups is 2. The highest BCUT2D eigenvalue weighted by molar-refractivity contribution is 7.92. The molecule has 1 aliphatic heterocycles. The number of ether oxygens (including phenoxy) is 1. The normalized spacial score (nSPS) is 28.1. The smallest absolute Gasteiger partial charge is 0.405 e. The SMILES string of the molecule is COC(=O)[C@@H]1CS(=O)(=O)[C@H](C(F)(F)F)CC(=O)N1. The Hall–Kier alpha value is -1.32. The van der Waals surface area contributed by atoms with Crippen molar-refractivity contribution >= 4 is 21.7 Å². The van der Waals surface area contributed by atoms with E-state index in [1.807, 2.05) is 5.32 Å². The first kappa shape index (κ1) is 14.7. The third kappa shape index (κ3) is 3.12. The van der Waals surface area contributed by atoms with Crippen LogP contribution in [0.3, 0.4) is 0 Å². The first-order chi connectivity index (χ1) is 8.08. The van der Waals surface area contributed by atoms with E-state index >= 15 is 0 Å². The predicted molar refractivity (Wildman–Crippen MR) is 52.2 cm³/mol. The number of hydrogen-bond acceptors (Lipinski definition) is 5. The molecule has 2 atom stereocenters. The number of halogens is 3. The van der Waals surface area contributed by atoms with Crippen molar-refractivity contribution < 1.29 is 35.9 Å². The van der Waals surface area contributed by atoms with Crippen LogP contribution in [0.15, 0.2) is 0 Å². The summed E-state index contributed by atoms with van der Waals surface area (Å²) in [7, 11) is -3.73. The molecule has 1 aliphatic rings. The van der Waals surface area contributed by atoms with Gasteiger partial charge in [-0.05, 0) is 0 Å².